The predicted molar refractivity (Wildman–Crippen MR) is 124 cm³/mol. The summed E-state index contributed by atoms with van der Waals surface area (Å²) in [6.07, 6.45) is 1.65. The summed E-state index contributed by atoms with van der Waals surface area (Å²) in [5.74, 6) is 0.480. The zero-order chi connectivity index (χ0) is 22.2. The van der Waals surface area contributed by atoms with E-state index in [2.05, 4.69) is 10.6 Å². The van der Waals surface area contributed by atoms with E-state index in [9.17, 15) is 9.59 Å². The molecule has 0 radical (unpaired) electrons. The number of nitrogens with one attached hydrogen (secondary N) is 2. The number of furan rings is 1. The Hall–Kier alpha value is -4.32. The van der Waals surface area contributed by atoms with E-state index < -0.39 is 0 Å². The second kappa shape index (κ2) is 10.1. The van der Waals surface area contributed by atoms with E-state index in [-0.39, 0.29) is 30.6 Å². The maximum Gasteiger partial charge on any atom is 0.291 e. The molecule has 2 amide bonds. The number of ether oxygens (including phenoxy) is 1. The predicted octanol–water partition coefficient (Wildman–Crippen LogP) is 5.61. The van der Waals surface area contributed by atoms with E-state index in [1.807, 2.05) is 54.6 Å². The largest absolute Gasteiger partial charge is 0.492 e. The molecule has 6 heteroatoms. The first-order valence-electron chi connectivity index (χ1n) is 10.2. The fraction of sp³-hybridized carbons (Fsp3) is 0.0769. The summed E-state index contributed by atoms with van der Waals surface area (Å²) in [6, 6.07) is 27.8. The number of carbonyl (C=O) groups excluding carboxylic acids is 2. The molecule has 0 saturated carbocycles. The average Bonchev–Trinajstić information content (AvgIpc) is 3.37. The normalized spacial score (nSPS) is 10.4. The first kappa shape index (κ1) is 20.9. The molecule has 2 N–H and O–H groups in total. The van der Waals surface area contributed by atoms with Gasteiger partial charge in [-0.05, 0) is 48.0 Å². The van der Waals surface area contributed by atoms with Crippen molar-refractivity contribution in [3.8, 4) is 16.9 Å². The molecule has 0 bridgehead atoms. The lowest BCUT2D eigenvalue weighted by Gasteiger charge is -2.12. The van der Waals surface area contributed by atoms with Crippen LogP contribution in [0.2, 0.25) is 0 Å². The number of para-hydroxylation sites is 1. The quantitative estimate of drug-likeness (QED) is 0.384. The van der Waals surface area contributed by atoms with Crippen molar-refractivity contribution in [1.82, 2.24) is 0 Å². The minimum atomic E-state index is -0.334. The zero-order valence-electron chi connectivity index (χ0n) is 17.3. The summed E-state index contributed by atoms with van der Waals surface area (Å²) in [7, 11) is 0. The van der Waals surface area contributed by atoms with Gasteiger partial charge < -0.3 is 19.8 Å². The molecule has 0 fully saturated rings. The van der Waals surface area contributed by atoms with Crippen LogP contribution in [0.4, 0.5) is 11.4 Å². The van der Waals surface area contributed by atoms with Gasteiger partial charge in [-0.15, -0.1) is 0 Å². The maximum atomic E-state index is 12.3. The Kier molecular flexibility index (Phi) is 6.63. The lowest BCUT2D eigenvalue weighted by Crippen LogP contribution is -2.15. The molecule has 0 aliphatic heterocycles. The fourth-order valence-electron chi connectivity index (χ4n) is 3.16. The highest BCUT2D eigenvalue weighted by molar-refractivity contribution is 6.02. The van der Waals surface area contributed by atoms with Crippen molar-refractivity contribution in [2.24, 2.45) is 0 Å². The number of hydrogen-bond acceptors (Lipinski definition) is 4. The molecule has 6 nitrogen and oxygen atoms in total. The summed E-state index contributed by atoms with van der Waals surface area (Å²) in [6.45, 7) is 0.257. The van der Waals surface area contributed by atoms with Crippen LogP contribution in [0.1, 0.15) is 17.0 Å². The Balaban J connectivity index is 1.27. The Morgan fingerprint density at radius 3 is 2.16 bits per heavy atom. The van der Waals surface area contributed by atoms with Crippen LogP contribution in [-0.2, 0) is 4.79 Å². The van der Waals surface area contributed by atoms with Gasteiger partial charge in [-0.3, -0.25) is 9.59 Å². The van der Waals surface area contributed by atoms with E-state index in [4.69, 9.17) is 9.15 Å². The molecule has 0 saturated heterocycles. The molecule has 0 atom stereocenters. The lowest BCUT2D eigenvalue weighted by atomic mass is 10.1. The van der Waals surface area contributed by atoms with Crippen molar-refractivity contribution in [3.63, 3.8) is 0 Å². The minimum absolute atomic E-state index is 0.158. The fourth-order valence-corrected chi connectivity index (χ4v) is 3.16. The van der Waals surface area contributed by atoms with Crippen LogP contribution in [0.15, 0.2) is 102 Å². The minimum Gasteiger partial charge on any atom is -0.492 e. The van der Waals surface area contributed by atoms with Crippen molar-refractivity contribution >= 4 is 23.2 Å². The Morgan fingerprint density at radius 2 is 1.44 bits per heavy atom. The van der Waals surface area contributed by atoms with E-state index in [1.165, 1.54) is 6.26 Å². The highest BCUT2D eigenvalue weighted by Gasteiger charge is 2.10. The lowest BCUT2D eigenvalue weighted by molar-refractivity contribution is -0.116. The molecule has 4 aromatic rings. The first-order chi connectivity index (χ1) is 15.7. The van der Waals surface area contributed by atoms with Gasteiger partial charge in [0.05, 0.1) is 19.3 Å². The van der Waals surface area contributed by atoms with Crippen molar-refractivity contribution < 1.29 is 18.7 Å². The highest BCUT2D eigenvalue weighted by Crippen LogP contribution is 2.29. The van der Waals surface area contributed by atoms with Gasteiger partial charge in [0.2, 0.25) is 5.91 Å². The third-order valence-electron chi connectivity index (χ3n) is 4.73. The number of rotatable bonds is 8. The molecule has 0 unspecified atom stereocenters. The second-order valence-electron chi connectivity index (χ2n) is 7.02. The monoisotopic (exact) mass is 426 g/mol. The van der Waals surface area contributed by atoms with Crippen molar-refractivity contribution in [3.05, 3.63) is 103 Å². The molecule has 4 rings (SSSR count). The van der Waals surface area contributed by atoms with Crippen LogP contribution in [-0.4, -0.2) is 18.4 Å². The summed E-state index contributed by atoms with van der Waals surface area (Å²) in [5, 5.41) is 5.56. The molecule has 0 aliphatic rings. The van der Waals surface area contributed by atoms with Gasteiger partial charge in [0.1, 0.15) is 5.75 Å². The van der Waals surface area contributed by atoms with Crippen LogP contribution in [0.3, 0.4) is 0 Å². The number of carbonyl (C=O) groups is 2. The number of anilines is 2. The first-order valence-corrected chi connectivity index (χ1v) is 10.2. The topological polar surface area (TPSA) is 80.6 Å². The molecule has 32 heavy (non-hydrogen) atoms. The summed E-state index contributed by atoms with van der Waals surface area (Å²) in [4.78, 5) is 24.3. The third-order valence-corrected chi connectivity index (χ3v) is 4.73. The number of amides is 2. The Morgan fingerprint density at radius 1 is 0.750 bits per heavy atom. The van der Waals surface area contributed by atoms with E-state index >= 15 is 0 Å². The molecule has 1 aromatic heterocycles. The summed E-state index contributed by atoms with van der Waals surface area (Å²) in [5.41, 5.74) is 3.29. The van der Waals surface area contributed by atoms with Crippen molar-refractivity contribution in [2.75, 3.05) is 17.2 Å². The number of benzene rings is 3. The smallest absolute Gasteiger partial charge is 0.291 e. The molecule has 3 aromatic carbocycles. The molecular weight excluding hydrogens is 404 g/mol. The SMILES string of the molecule is O=C(CCOc1ccccc1-c1ccccc1)Nc1ccc(NC(=O)c2ccco2)cc1. The van der Waals surface area contributed by atoms with Crippen molar-refractivity contribution in [1.29, 1.82) is 0 Å². The molecule has 0 aliphatic carbocycles. The van der Waals surface area contributed by atoms with Crippen LogP contribution < -0.4 is 15.4 Å². The second-order valence-corrected chi connectivity index (χ2v) is 7.02. The van der Waals surface area contributed by atoms with Gasteiger partial charge in [-0.25, -0.2) is 0 Å². The van der Waals surface area contributed by atoms with Crippen LogP contribution in [0.5, 0.6) is 5.75 Å². The van der Waals surface area contributed by atoms with Gasteiger partial charge in [0.15, 0.2) is 5.76 Å². The van der Waals surface area contributed by atoms with Crippen LogP contribution >= 0.6 is 0 Å². The van der Waals surface area contributed by atoms with E-state index in [0.29, 0.717) is 11.4 Å². The van der Waals surface area contributed by atoms with E-state index in [0.717, 1.165) is 16.9 Å². The standard InChI is InChI=1S/C26H22N2O4/c29-25(16-18-32-23-10-5-4-9-22(23)19-7-2-1-3-8-19)27-20-12-14-21(15-13-20)28-26(30)24-11-6-17-31-24/h1-15,17H,16,18H2,(H,27,29)(H,28,30). The summed E-state index contributed by atoms with van der Waals surface area (Å²) >= 11 is 0. The third kappa shape index (κ3) is 5.43. The van der Waals surface area contributed by atoms with Gasteiger partial charge in [0.25, 0.3) is 5.91 Å². The van der Waals surface area contributed by atoms with Gasteiger partial charge in [-0.2, -0.15) is 0 Å². The molecule has 160 valence electrons. The molecule has 0 spiro atoms. The van der Waals surface area contributed by atoms with Crippen LogP contribution in [0, 0.1) is 0 Å². The average molecular weight is 426 g/mol. The Labute approximate surface area is 185 Å². The van der Waals surface area contributed by atoms with Crippen LogP contribution in [0.25, 0.3) is 11.1 Å². The zero-order valence-corrected chi connectivity index (χ0v) is 17.3. The maximum absolute atomic E-state index is 12.3. The summed E-state index contributed by atoms with van der Waals surface area (Å²) < 4.78 is 10.9. The van der Waals surface area contributed by atoms with Gasteiger partial charge >= 0.3 is 0 Å². The number of hydrogen-bond donors (Lipinski definition) is 2. The van der Waals surface area contributed by atoms with Gasteiger partial charge in [-0.1, -0.05) is 48.5 Å². The Bertz CT molecular complexity index is 1170. The van der Waals surface area contributed by atoms with Gasteiger partial charge in [0, 0.05) is 16.9 Å². The van der Waals surface area contributed by atoms with E-state index in [1.54, 1.807) is 36.4 Å². The highest BCUT2D eigenvalue weighted by atomic mass is 16.5. The van der Waals surface area contributed by atoms with Crippen molar-refractivity contribution in [2.45, 2.75) is 6.42 Å². The molecular formula is C26H22N2O4. The molecule has 1 heterocycles.